The number of nitrogens with zero attached hydrogens (tertiary/aromatic N) is 4. The number of amides is 2. The summed E-state index contributed by atoms with van der Waals surface area (Å²) in [6.45, 7) is 3.32. The number of benzene rings is 1. The van der Waals surface area contributed by atoms with Crippen LogP contribution in [0.3, 0.4) is 0 Å². The molecule has 5 rings (SSSR count). The van der Waals surface area contributed by atoms with E-state index >= 15 is 0 Å². The van der Waals surface area contributed by atoms with Gasteiger partial charge in [-0.3, -0.25) is 9.59 Å². The molecule has 0 radical (unpaired) electrons. The summed E-state index contributed by atoms with van der Waals surface area (Å²) >= 11 is 0. The van der Waals surface area contributed by atoms with Crippen LogP contribution in [0, 0.1) is 12.8 Å². The first-order chi connectivity index (χ1) is 16.1. The van der Waals surface area contributed by atoms with E-state index in [1.165, 1.54) is 6.39 Å². The summed E-state index contributed by atoms with van der Waals surface area (Å²) in [6, 6.07) is 9.25. The van der Waals surface area contributed by atoms with E-state index in [0.29, 0.717) is 30.3 Å². The lowest BCUT2D eigenvalue weighted by atomic mass is 10.0. The van der Waals surface area contributed by atoms with Crippen LogP contribution >= 0.6 is 0 Å². The number of likely N-dealkylation sites (tertiary alicyclic amines) is 1. The van der Waals surface area contributed by atoms with Crippen LogP contribution in [0.15, 0.2) is 45.7 Å². The van der Waals surface area contributed by atoms with Gasteiger partial charge in [0.2, 0.25) is 23.4 Å². The van der Waals surface area contributed by atoms with Gasteiger partial charge in [0, 0.05) is 30.6 Å². The van der Waals surface area contributed by atoms with Crippen molar-refractivity contribution < 1.29 is 18.5 Å². The molecule has 172 valence electrons. The number of rotatable bonds is 5. The highest BCUT2D eigenvalue weighted by atomic mass is 16.5. The number of nitrogens with one attached hydrogen (secondary N) is 1. The van der Waals surface area contributed by atoms with Crippen molar-refractivity contribution in [3.63, 3.8) is 0 Å². The Kier molecular flexibility index (Phi) is 5.93. The summed E-state index contributed by atoms with van der Waals surface area (Å²) in [4.78, 5) is 36.7. The standard InChI is InChI=1S/C24H27N5O4/c1-15-20(32-14-25-15)22(30)26-19-13-17(24(31)29-10-6-3-7-11-29)12-18(19)23-27-21(28-33-23)16-8-4-2-5-9-16/h2,4-5,8-9,14,17-19H,3,6-7,10-13H2,1H3,(H,26,30)/t17-,18-,19+/m0/s1. The van der Waals surface area contributed by atoms with Gasteiger partial charge in [-0.05, 0) is 39.0 Å². The minimum Gasteiger partial charge on any atom is -0.438 e. The van der Waals surface area contributed by atoms with E-state index < -0.39 is 0 Å². The predicted molar refractivity (Wildman–Crippen MR) is 118 cm³/mol. The maximum atomic E-state index is 13.2. The number of carbonyl (C=O) groups is 2. The number of hydrogen-bond donors (Lipinski definition) is 1. The Balaban J connectivity index is 1.39. The van der Waals surface area contributed by atoms with E-state index in [2.05, 4.69) is 20.4 Å². The van der Waals surface area contributed by atoms with Gasteiger partial charge in [-0.2, -0.15) is 4.98 Å². The number of carbonyl (C=O) groups excluding carboxylic acids is 2. The second-order valence-electron chi connectivity index (χ2n) is 8.83. The second-order valence-corrected chi connectivity index (χ2v) is 8.83. The number of aryl methyl sites for hydroxylation is 1. The van der Waals surface area contributed by atoms with Gasteiger partial charge < -0.3 is 19.2 Å². The molecular weight excluding hydrogens is 422 g/mol. The molecule has 0 bridgehead atoms. The molecule has 1 N–H and O–H groups in total. The predicted octanol–water partition coefficient (Wildman–Crippen LogP) is 3.34. The van der Waals surface area contributed by atoms with Gasteiger partial charge in [-0.1, -0.05) is 35.5 Å². The molecule has 9 heteroatoms. The summed E-state index contributed by atoms with van der Waals surface area (Å²) in [7, 11) is 0. The third-order valence-electron chi connectivity index (χ3n) is 6.64. The highest BCUT2D eigenvalue weighted by molar-refractivity contribution is 5.92. The lowest BCUT2D eigenvalue weighted by molar-refractivity contribution is -0.136. The largest absolute Gasteiger partial charge is 0.438 e. The molecule has 2 fully saturated rings. The van der Waals surface area contributed by atoms with Crippen molar-refractivity contribution in [2.24, 2.45) is 5.92 Å². The van der Waals surface area contributed by atoms with Crippen LogP contribution in [0.25, 0.3) is 11.4 Å². The Hall–Kier alpha value is -3.49. The van der Waals surface area contributed by atoms with Gasteiger partial charge in [0.1, 0.15) is 0 Å². The number of aromatic nitrogens is 3. The molecule has 0 spiro atoms. The average Bonchev–Trinajstić information content (AvgIpc) is 3.59. The topological polar surface area (TPSA) is 114 Å². The van der Waals surface area contributed by atoms with Crippen molar-refractivity contribution >= 4 is 11.8 Å². The van der Waals surface area contributed by atoms with Gasteiger partial charge >= 0.3 is 0 Å². The molecule has 1 saturated carbocycles. The van der Waals surface area contributed by atoms with E-state index in [-0.39, 0.29) is 35.5 Å². The third kappa shape index (κ3) is 4.40. The monoisotopic (exact) mass is 449 g/mol. The fraction of sp³-hybridized carbons (Fsp3) is 0.458. The minimum absolute atomic E-state index is 0.148. The van der Waals surface area contributed by atoms with Crippen LogP contribution in [-0.4, -0.2) is 51.0 Å². The second kappa shape index (κ2) is 9.17. The SMILES string of the molecule is Cc1ncoc1C(=O)N[C@@H]1C[C@@H](C(=O)N2CCCCC2)C[C@@H]1c1nc(-c2ccccc2)no1. The summed E-state index contributed by atoms with van der Waals surface area (Å²) in [5, 5.41) is 7.18. The van der Waals surface area contributed by atoms with Crippen LogP contribution < -0.4 is 5.32 Å². The van der Waals surface area contributed by atoms with Gasteiger partial charge in [0.25, 0.3) is 5.91 Å². The fourth-order valence-electron chi connectivity index (χ4n) is 4.89. The number of hydrogen-bond acceptors (Lipinski definition) is 7. The lowest BCUT2D eigenvalue weighted by Crippen LogP contribution is -2.40. The Bertz CT molecular complexity index is 1120. The molecule has 3 heterocycles. The zero-order valence-corrected chi connectivity index (χ0v) is 18.6. The highest BCUT2D eigenvalue weighted by Gasteiger charge is 2.44. The number of oxazole rings is 1. The maximum absolute atomic E-state index is 13.2. The molecule has 2 aliphatic rings. The smallest absolute Gasteiger partial charge is 0.289 e. The Morgan fingerprint density at radius 3 is 2.61 bits per heavy atom. The van der Waals surface area contributed by atoms with Gasteiger partial charge in [-0.25, -0.2) is 4.98 Å². The Morgan fingerprint density at radius 2 is 1.88 bits per heavy atom. The molecule has 1 saturated heterocycles. The molecule has 1 aliphatic carbocycles. The van der Waals surface area contributed by atoms with Crippen molar-refractivity contribution in [2.75, 3.05) is 13.1 Å². The van der Waals surface area contributed by atoms with Crippen LogP contribution in [0.5, 0.6) is 0 Å². The van der Waals surface area contributed by atoms with E-state index in [1.54, 1.807) is 6.92 Å². The van der Waals surface area contributed by atoms with Crippen LogP contribution in [-0.2, 0) is 4.79 Å². The van der Waals surface area contributed by atoms with Crippen molar-refractivity contribution in [2.45, 2.75) is 51.0 Å². The Labute approximate surface area is 191 Å². The molecule has 0 unspecified atom stereocenters. The molecule has 33 heavy (non-hydrogen) atoms. The Morgan fingerprint density at radius 1 is 1.09 bits per heavy atom. The first-order valence-corrected chi connectivity index (χ1v) is 11.5. The lowest BCUT2D eigenvalue weighted by Gasteiger charge is -2.29. The molecule has 3 aromatic rings. The third-order valence-corrected chi connectivity index (χ3v) is 6.64. The van der Waals surface area contributed by atoms with Crippen LogP contribution in [0.4, 0.5) is 0 Å². The van der Waals surface area contributed by atoms with E-state index in [9.17, 15) is 9.59 Å². The zero-order chi connectivity index (χ0) is 22.8. The van der Waals surface area contributed by atoms with Gasteiger partial charge in [0.05, 0.1) is 11.6 Å². The summed E-state index contributed by atoms with van der Waals surface area (Å²) in [6.07, 6.45) is 5.56. The fourth-order valence-corrected chi connectivity index (χ4v) is 4.89. The summed E-state index contributed by atoms with van der Waals surface area (Å²) < 4.78 is 10.9. The normalized spacial score (nSPS) is 22.9. The van der Waals surface area contributed by atoms with Crippen molar-refractivity contribution in [3.8, 4) is 11.4 Å². The summed E-state index contributed by atoms with van der Waals surface area (Å²) in [5.74, 6) is 0.427. The van der Waals surface area contributed by atoms with E-state index in [0.717, 1.165) is 37.9 Å². The van der Waals surface area contributed by atoms with E-state index in [1.807, 2.05) is 35.2 Å². The van der Waals surface area contributed by atoms with Crippen LogP contribution in [0.2, 0.25) is 0 Å². The number of piperidine rings is 1. The minimum atomic E-state index is -0.353. The van der Waals surface area contributed by atoms with E-state index in [4.69, 9.17) is 8.94 Å². The van der Waals surface area contributed by atoms with Crippen LogP contribution in [0.1, 0.15) is 60.2 Å². The van der Waals surface area contributed by atoms with Crippen molar-refractivity contribution in [3.05, 3.63) is 54.1 Å². The average molecular weight is 450 g/mol. The van der Waals surface area contributed by atoms with Crippen molar-refractivity contribution in [1.29, 1.82) is 0 Å². The maximum Gasteiger partial charge on any atom is 0.289 e. The molecular formula is C24H27N5O4. The highest BCUT2D eigenvalue weighted by Crippen LogP contribution is 2.40. The zero-order valence-electron chi connectivity index (χ0n) is 18.6. The van der Waals surface area contributed by atoms with Crippen molar-refractivity contribution in [1.82, 2.24) is 25.3 Å². The quantitative estimate of drug-likeness (QED) is 0.635. The summed E-state index contributed by atoms with van der Waals surface area (Å²) in [5.41, 5.74) is 1.37. The molecule has 3 atom stereocenters. The van der Waals surface area contributed by atoms with Gasteiger partial charge in [0.15, 0.2) is 6.39 Å². The first kappa shape index (κ1) is 21.4. The molecule has 9 nitrogen and oxygen atoms in total. The molecule has 2 amide bonds. The molecule has 1 aliphatic heterocycles. The van der Waals surface area contributed by atoms with Gasteiger partial charge in [-0.15, -0.1) is 0 Å². The first-order valence-electron chi connectivity index (χ1n) is 11.5. The molecule has 1 aromatic carbocycles. The molecule has 2 aromatic heterocycles.